The summed E-state index contributed by atoms with van der Waals surface area (Å²) in [6.45, 7) is 0.163. The molecule has 1 N–H and O–H groups in total. The number of rotatable bonds is 0. The maximum Gasteiger partial charge on any atom is 0.273 e. The van der Waals surface area contributed by atoms with Gasteiger partial charge in [-0.1, -0.05) is 0 Å². The second-order valence-electron chi connectivity index (χ2n) is 3.37. The van der Waals surface area contributed by atoms with Gasteiger partial charge in [-0.15, -0.1) is 0 Å². The second-order valence-corrected chi connectivity index (χ2v) is 3.37. The number of aliphatic hydroxyl groups excluding tert-OH is 1. The van der Waals surface area contributed by atoms with Gasteiger partial charge in [0.1, 0.15) is 5.76 Å². The molecule has 0 saturated carbocycles. The summed E-state index contributed by atoms with van der Waals surface area (Å²) in [4.78, 5) is 14.9. The lowest BCUT2D eigenvalue weighted by molar-refractivity contribution is -0.113. The highest BCUT2D eigenvalue weighted by Gasteiger charge is 2.31. The number of fused-ring (bicyclic) bond motifs is 2. The van der Waals surface area contributed by atoms with Gasteiger partial charge in [0.15, 0.2) is 11.5 Å². The fraction of sp³-hybridized carbons (Fsp3) is 0.200. The van der Waals surface area contributed by atoms with E-state index in [9.17, 15) is 9.90 Å². The number of amides is 1. The Kier molecular flexibility index (Phi) is 1.50. The molecule has 3 aliphatic rings. The van der Waals surface area contributed by atoms with Crippen LogP contribution in [0.5, 0.6) is 0 Å². The maximum absolute atomic E-state index is 11.1. The SMILES string of the molecule is O=C1C=C(O)C2C=C3OCOC3=CC2=N1. The first-order valence-corrected chi connectivity index (χ1v) is 4.46. The Hall–Kier alpha value is -2.04. The van der Waals surface area contributed by atoms with Crippen molar-refractivity contribution < 1.29 is 19.4 Å². The molecular weight excluding hydrogens is 198 g/mol. The van der Waals surface area contributed by atoms with Crippen LogP contribution in [-0.2, 0) is 14.3 Å². The topological polar surface area (TPSA) is 68.1 Å². The fourth-order valence-corrected chi connectivity index (χ4v) is 1.72. The first-order chi connectivity index (χ1) is 7.24. The molecule has 1 atom stereocenters. The van der Waals surface area contributed by atoms with Crippen LogP contribution in [-0.4, -0.2) is 23.5 Å². The zero-order chi connectivity index (χ0) is 10.4. The summed E-state index contributed by atoms with van der Waals surface area (Å²) in [6.07, 6.45) is 4.42. The number of ether oxygens (including phenoxy) is 2. The maximum atomic E-state index is 11.1. The van der Waals surface area contributed by atoms with Crippen LogP contribution in [0.25, 0.3) is 0 Å². The third kappa shape index (κ3) is 1.16. The van der Waals surface area contributed by atoms with Gasteiger partial charge in [0.2, 0.25) is 6.79 Å². The number of carbonyl (C=O) groups is 1. The average molecular weight is 205 g/mol. The molecule has 3 rings (SSSR count). The van der Waals surface area contributed by atoms with Gasteiger partial charge in [-0.05, 0) is 6.08 Å². The molecule has 0 aromatic rings. The Bertz CT molecular complexity index is 470. The van der Waals surface area contributed by atoms with E-state index in [1.807, 2.05) is 0 Å². The number of aliphatic imine (C=N–C) groups is 1. The minimum absolute atomic E-state index is 0.0108. The van der Waals surface area contributed by atoms with E-state index >= 15 is 0 Å². The molecule has 1 aliphatic carbocycles. The smallest absolute Gasteiger partial charge is 0.273 e. The van der Waals surface area contributed by atoms with Crippen LogP contribution >= 0.6 is 0 Å². The quantitative estimate of drug-likeness (QED) is 0.635. The molecule has 15 heavy (non-hydrogen) atoms. The predicted octanol–water partition coefficient (Wildman–Crippen LogP) is 0.811. The highest BCUT2D eigenvalue weighted by molar-refractivity contribution is 6.12. The minimum atomic E-state index is -0.452. The van der Waals surface area contributed by atoms with Gasteiger partial charge in [0, 0.05) is 12.2 Å². The molecule has 5 heteroatoms. The lowest BCUT2D eigenvalue weighted by Gasteiger charge is -2.19. The third-order valence-corrected chi connectivity index (χ3v) is 2.42. The number of aliphatic hydroxyl groups is 1. The molecule has 1 amide bonds. The van der Waals surface area contributed by atoms with E-state index in [-0.39, 0.29) is 18.5 Å². The Morgan fingerprint density at radius 2 is 2.13 bits per heavy atom. The standard InChI is InChI=1S/C10H7NO4/c12-7-3-10(13)11-6-2-9-8(1-5(6)7)14-4-15-9/h1-3,5,12H,4H2. The van der Waals surface area contributed by atoms with Crippen molar-refractivity contribution in [3.8, 4) is 0 Å². The Morgan fingerprint density at radius 3 is 3.00 bits per heavy atom. The molecule has 0 aromatic carbocycles. The number of hydrogen-bond acceptors (Lipinski definition) is 4. The fourth-order valence-electron chi connectivity index (χ4n) is 1.72. The van der Waals surface area contributed by atoms with Gasteiger partial charge in [0.05, 0.1) is 11.6 Å². The molecule has 1 saturated heterocycles. The first kappa shape index (κ1) is 8.28. The molecule has 5 nitrogen and oxygen atoms in total. The van der Waals surface area contributed by atoms with Gasteiger partial charge in [0.25, 0.3) is 5.91 Å². The highest BCUT2D eigenvalue weighted by atomic mass is 16.7. The van der Waals surface area contributed by atoms with Crippen molar-refractivity contribution in [2.75, 3.05) is 6.79 Å². The van der Waals surface area contributed by atoms with Gasteiger partial charge < -0.3 is 14.6 Å². The van der Waals surface area contributed by atoms with Crippen molar-refractivity contribution in [3.63, 3.8) is 0 Å². The Labute approximate surface area is 85.0 Å². The van der Waals surface area contributed by atoms with Crippen LogP contribution in [0.3, 0.4) is 0 Å². The monoisotopic (exact) mass is 205 g/mol. The molecule has 0 aromatic heterocycles. The van der Waals surface area contributed by atoms with Crippen molar-refractivity contribution in [2.45, 2.75) is 0 Å². The van der Waals surface area contributed by atoms with E-state index in [2.05, 4.69) is 4.99 Å². The molecule has 1 unspecified atom stereocenters. The normalized spacial score (nSPS) is 27.5. The Morgan fingerprint density at radius 1 is 1.33 bits per heavy atom. The molecule has 0 spiro atoms. The van der Waals surface area contributed by atoms with Crippen LogP contribution in [0, 0.1) is 5.92 Å². The van der Waals surface area contributed by atoms with E-state index in [0.717, 1.165) is 6.08 Å². The number of allylic oxidation sites excluding steroid dienone is 2. The van der Waals surface area contributed by atoms with Crippen LogP contribution < -0.4 is 0 Å². The minimum Gasteiger partial charge on any atom is -0.511 e. The van der Waals surface area contributed by atoms with Crippen molar-refractivity contribution >= 4 is 11.6 Å². The van der Waals surface area contributed by atoms with E-state index < -0.39 is 5.91 Å². The summed E-state index contributed by atoms with van der Waals surface area (Å²) >= 11 is 0. The molecule has 0 radical (unpaired) electrons. The highest BCUT2D eigenvalue weighted by Crippen LogP contribution is 2.31. The van der Waals surface area contributed by atoms with Gasteiger partial charge in [-0.2, -0.15) is 0 Å². The van der Waals surface area contributed by atoms with E-state index in [0.29, 0.717) is 17.2 Å². The van der Waals surface area contributed by atoms with E-state index in [1.165, 1.54) is 0 Å². The number of nitrogens with zero attached hydrogens (tertiary/aromatic N) is 1. The zero-order valence-corrected chi connectivity index (χ0v) is 7.64. The predicted molar refractivity (Wildman–Crippen MR) is 49.8 cm³/mol. The van der Waals surface area contributed by atoms with Crippen molar-refractivity contribution in [3.05, 3.63) is 35.5 Å². The largest absolute Gasteiger partial charge is 0.511 e. The molecule has 76 valence electrons. The van der Waals surface area contributed by atoms with Gasteiger partial charge in [-0.3, -0.25) is 4.79 Å². The first-order valence-electron chi connectivity index (χ1n) is 4.46. The summed E-state index contributed by atoms with van der Waals surface area (Å²) in [5.74, 6) is 0.304. The van der Waals surface area contributed by atoms with Crippen molar-refractivity contribution in [1.82, 2.24) is 0 Å². The molecule has 2 heterocycles. The summed E-state index contributed by atoms with van der Waals surface area (Å²) in [7, 11) is 0. The number of hydrogen-bond donors (Lipinski definition) is 1. The summed E-state index contributed by atoms with van der Waals surface area (Å²) in [5.41, 5.74) is 0.490. The average Bonchev–Trinajstić information content (AvgIpc) is 2.61. The summed E-state index contributed by atoms with van der Waals surface area (Å²) < 4.78 is 10.3. The van der Waals surface area contributed by atoms with Crippen molar-refractivity contribution in [1.29, 1.82) is 0 Å². The number of dihydropyridines is 1. The lowest BCUT2D eigenvalue weighted by Crippen LogP contribution is -2.22. The van der Waals surface area contributed by atoms with Gasteiger partial charge >= 0.3 is 0 Å². The summed E-state index contributed by atoms with van der Waals surface area (Å²) in [5, 5.41) is 9.58. The number of carbonyl (C=O) groups excluding carboxylic acids is 1. The lowest BCUT2D eigenvalue weighted by atomic mass is 9.92. The molecule has 1 fully saturated rings. The van der Waals surface area contributed by atoms with Crippen LogP contribution in [0.4, 0.5) is 0 Å². The molecule has 2 aliphatic heterocycles. The van der Waals surface area contributed by atoms with Crippen LogP contribution in [0.1, 0.15) is 0 Å². The molecular formula is C10H7NO4. The zero-order valence-electron chi connectivity index (χ0n) is 7.64. The van der Waals surface area contributed by atoms with Gasteiger partial charge in [-0.25, -0.2) is 4.99 Å². The third-order valence-electron chi connectivity index (χ3n) is 2.42. The van der Waals surface area contributed by atoms with Crippen LogP contribution in [0.2, 0.25) is 0 Å². The van der Waals surface area contributed by atoms with Crippen LogP contribution in [0.15, 0.2) is 40.5 Å². The molecule has 0 bridgehead atoms. The van der Waals surface area contributed by atoms with Crippen molar-refractivity contribution in [2.24, 2.45) is 10.9 Å². The van der Waals surface area contributed by atoms with E-state index in [1.54, 1.807) is 12.2 Å². The second kappa shape index (κ2) is 2.73. The Balaban J connectivity index is 2.09. The van der Waals surface area contributed by atoms with E-state index in [4.69, 9.17) is 9.47 Å². The summed E-state index contributed by atoms with van der Waals surface area (Å²) in [6, 6.07) is 0.